The predicted octanol–water partition coefficient (Wildman–Crippen LogP) is 1.41. The van der Waals surface area contributed by atoms with Gasteiger partial charge in [0, 0.05) is 24.5 Å². The first-order valence-electron chi connectivity index (χ1n) is 4.95. The number of aromatic nitrogens is 3. The van der Waals surface area contributed by atoms with Crippen LogP contribution in [0.2, 0.25) is 0 Å². The Hall–Kier alpha value is -2.01. The van der Waals surface area contributed by atoms with Gasteiger partial charge in [-0.1, -0.05) is 11.2 Å². The van der Waals surface area contributed by atoms with Gasteiger partial charge in [0.25, 0.3) is 0 Å². The van der Waals surface area contributed by atoms with Crippen LogP contribution in [-0.4, -0.2) is 21.7 Å². The van der Waals surface area contributed by atoms with Crippen LogP contribution in [0.15, 0.2) is 41.7 Å². The fourth-order valence-electron chi connectivity index (χ4n) is 1.23. The standard InChI is InChI=1S/C11H12N4O/c1-2-5-13-8-10-14-11(15-16-10)9-3-6-12-7-4-9/h2-4,6-7,13H,1,5,8H2. The maximum atomic E-state index is 5.09. The minimum atomic E-state index is 0.546. The molecule has 0 unspecified atom stereocenters. The topological polar surface area (TPSA) is 63.8 Å². The fraction of sp³-hybridized carbons (Fsp3) is 0.182. The summed E-state index contributed by atoms with van der Waals surface area (Å²) in [6.07, 6.45) is 5.17. The number of nitrogens with zero attached hydrogens (tertiary/aromatic N) is 3. The van der Waals surface area contributed by atoms with Crippen molar-refractivity contribution in [3.05, 3.63) is 43.1 Å². The van der Waals surface area contributed by atoms with Gasteiger partial charge in [0.15, 0.2) is 0 Å². The zero-order valence-corrected chi connectivity index (χ0v) is 8.76. The quantitative estimate of drug-likeness (QED) is 0.604. The Morgan fingerprint density at radius 2 is 2.19 bits per heavy atom. The average molecular weight is 216 g/mol. The van der Waals surface area contributed by atoms with Crippen LogP contribution in [0, 0.1) is 0 Å². The van der Waals surface area contributed by atoms with Crippen LogP contribution >= 0.6 is 0 Å². The second-order valence-electron chi connectivity index (χ2n) is 3.17. The molecule has 2 aromatic rings. The van der Waals surface area contributed by atoms with Crippen LogP contribution < -0.4 is 5.32 Å². The molecule has 5 heteroatoms. The van der Waals surface area contributed by atoms with E-state index in [-0.39, 0.29) is 0 Å². The normalized spacial score (nSPS) is 10.2. The first kappa shape index (κ1) is 10.5. The minimum absolute atomic E-state index is 0.546. The SMILES string of the molecule is C=CCNCc1nc(-c2ccncc2)no1. The van der Waals surface area contributed by atoms with Gasteiger partial charge in [-0.3, -0.25) is 4.98 Å². The van der Waals surface area contributed by atoms with Crippen LogP contribution in [0.4, 0.5) is 0 Å². The van der Waals surface area contributed by atoms with E-state index in [0.29, 0.717) is 24.8 Å². The molecule has 0 atom stereocenters. The largest absolute Gasteiger partial charge is 0.338 e. The average Bonchev–Trinajstić information content (AvgIpc) is 2.79. The van der Waals surface area contributed by atoms with E-state index >= 15 is 0 Å². The summed E-state index contributed by atoms with van der Waals surface area (Å²) in [4.78, 5) is 8.18. The maximum Gasteiger partial charge on any atom is 0.240 e. The van der Waals surface area contributed by atoms with Crippen LogP contribution in [0.3, 0.4) is 0 Å². The van der Waals surface area contributed by atoms with Crippen molar-refractivity contribution >= 4 is 0 Å². The number of nitrogens with one attached hydrogen (secondary N) is 1. The van der Waals surface area contributed by atoms with Crippen LogP contribution in [0.5, 0.6) is 0 Å². The number of rotatable bonds is 5. The van der Waals surface area contributed by atoms with E-state index in [0.717, 1.165) is 5.56 Å². The maximum absolute atomic E-state index is 5.09. The summed E-state index contributed by atoms with van der Waals surface area (Å²) >= 11 is 0. The van der Waals surface area contributed by atoms with Gasteiger partial charge in [0.05, 0.1) is 6.54 Å². The molecular formula is C11H12N4O. The summed E-state index contributed by atoms with van der Waals surface area (Å²) < 4.78 is 5.09. The molecule has 0 radical (unpaired) electrons. The van der Waals surface area contributed by atoms with Gasteiger partial charge in [-0.15, -0.1) is 6.58 Å². The lowest BCUT2D eigenvalue weighted by atomic mass is 10.2. The lowest BCUT2D eigenvalue weighted by Crippen LogP contribution is -2.12. The molecule has 0 saturated carbocycles. The highest BCUT2D eigenvalue weighted by Crippen LogP contribution is 2.13. The molecule has 0 spiro atoms. The molecule has 0 fully saturated rings. The molecule has 0 aliphatic heterocycles. The fourth-order valence-corrected chi connectivity index (χ4v) is 1.23. The molecule has 2 rings (SSSR count). The van der Waals surface area contributed by atoms with E-state index in [9.17, 15) is 0 Å². The van der Waals surface area contributed by atoms with Crippen LogP contribution in [0.1, 0.15) is 5.89 Å². The Morgan fingerprint density at radius 1 is 1.38 bits per heavy atom. The van der Waals surface area contributed by atoms with E-state index in [2.05, 4.69) is 27.0 Å². The van der Waals surface area contributed by atoms with Crippen molar-refractivity contribution in [2.75, 3.05) is 6.54 Å². The summed E-state index contributed by atoms with van der Waals surface area (Å²) in [5, 5.41) is 6.97. The molecule has 16 heavy (non-hydrogen) atoms. The lowest BCUT2D eigenvalue weighted by molar-refractivity contribution is 0.370. The second kappa shape index (κ2) is 5.18. The van der Waals surface area contributed by atoms with Crippen molar-refractivity contribution in [1.29, 1.82) is 0 Å². The van der Waals surface area contributed by atoms with Gasteiger partial charge in [0.1, 0.15) is 0 Å². The first-order chi connectivity index (χ1) is 7.90. The summed E-state index contributed by atoms with van der Waals surface area (Å²) in [5.41, 5.74) is 0.897. The molecule has 0 aliphatic rings. The Labute approximate surface area is 93.2 Å². The molecule has 0 amide bonds. The molecule has 0 saturated heterocycles. The van der Waals surface area contributed by atoms with Gasteiger partial charge < -0.3 is 9.84 Å². The molecule has 5 nitrogen and oxygen atoms in total. The lowest BCUT2D eigenvalue weighted by Gasteiger charge is -1.93. The molecule has 0 aromatic carbocycles. The van der Waals surface area contributed by atoms with Gasteiger partial charge in [0.2, 0.25) is 11.7 Å². The highest BCUT2D eigenvalue weighted by molar-refractivity contribution is 5.52. The van der Waals surface area contributed by atoms with E-state index in [1.165, 1.54) is 0 Å². The van der Waals surface area contributed by atoms with Gasteiger partial charge in [-0.05, 0) is 12.1 Å². The Balaban J connectivity index is 2.05. The zero-order valence-electron chi connectivity index (χ0n) is 8.76. The van der Waals surface area contributed by atoms with Gasteiger partial charge in [-0.25, -0.2) is 0 Å². The van der Waals surface area contributed by atoms with Crippen molar-refractivity contribution < 1.29 is 4.52 Å². The zero-order chi connectivity index (χ0) is 11.2. The Morgan fingerprint density at radius 3 is 2.94 bits per heavy atom. The number of hydrogen-bond acceptors (Lipinski definition) is 5. The summed E-state index contributed by atoms with van der Waals surface area (Å²) in [5.74, 6) is 1.14. The van der Waals surface area contributed by atoms with Crippen molar-refractivity contribution in [2.45, 2.75) is 6.54 Å². The molecular weight excluding hydrogens is 204 g/mol. The van der Waals surface area contributed by atoms with E-state index in [1.54, 1.807) is 18.5 Å². The minimum Gasteiger partial charge on any atom is -0.338 e. The third-order valence-electron chi connectivity index (χ3n) is 1.97. The van der Waals surface area contributed by atoms with Crippen molar-refractivity contribution in [1.82, 2.24) is 20.4 Å². The molecule has 2 heterocycles. The molecule has 1 N–H and O–H groups in total. The Bertz CT molecular complexity index is 452. The van der Waals surface area contributed by atoms with Crippen LogP contribution in [0.25, 0.3) is 11.4 Å². The monoisotopic (exact) mass is 216 g/mol. The smallest absolute Gasteiger partial charge is 0.240 e. The third-order valence-corrected chi connectivity index (χ3v) is 1.97. The molecule has 0 bridgehead atoms. The predicted molar refractivity (Wildman–Crippen MR) is 59.4 cm³/mol. The van der Waals surface area contributed by atoms with Crippen LogP contribution in [-0.2, 0) is 6.54 Å². The highest BCUT2D eigenvalue weighted by atomic mass is 16.5. The number of pyridine rings is 1. The van der Waals surface area contributed by atoms with Crippen molar-refractivity contribution in [2.24, 2.45) is 0 Å². The summed E-state index contributed by atoms with van der Waals surface area (Å²) in [7, 11) is 0. The molecule has 82 valence electrons. The highest BCUT2D eigenvalue weighted by Gasteiger charge is 2.06. The van der Waals surface area contributed by atoms with Gasteiger partial charge in [-0.2, -0.15) is 4.98 Å². The summed E-state index contributed by atoms with van der Waals surface area (Å²) in [6.45, 7) is 4.87. The Kier molecular flexibility index (Phi) is 3.40. The second-order valence-corrected chi connectivity index (χ2v) is 3.17. The van der Waals surface area contributed by atoms with Crippen molar-refractivity contribution in [3.8, 4) is 11.4 Å². The first-order valence-corrected chi connectivity index (χ1v) is 4.95. The van der Waals surface area contributed by atoms with Crippen molar-refractivity contribution in [3.63, 3.8) is 0 Å². The summed E-state index contributed by atoms with van der Waals surface area (Å²) in [6, 6.07) is 3.68. The van der Waals surface area contributed by atoms with E-state index < -0.39 is 0 Å². The van der Waals surface area contributed by atoms with E-state index in [1.807, 2.05) is 12.1 Å². The van der Waals surface area contributed by atoms with E-state index in [4.69, 9.17) is 4.52 Å². The van der Waals surface area contributed by atoms with Gasteiger partial charge >= 0.3 is 0 Å². The molecule has 2 aromatic heterocycles. The molecule has 0 aliphatic carbocycles. The third kappa shape index (κ3) is 2.52. The number of hydrogen-bond donors (Lipinski definition) is 1.